The molecular formula is C14H21N3O2. The zero-order chi connectivity index (χ0) is 13.8. The molecule has 1 fully saturated rings. The van der Waals surface area contributed by atoms with Crippen molar-refractivity contribution in [2.75, 3.05) is 14.2 Å². The van der Waals surface area contributed by atoms with Crippen LogP contribution in [0.4, 0.5) is 0 Å². The summed E-state index contributed by atoms with van der Waals surface area (Å²) in [7, 11) is 3.33. The molecule has 19 heavy (non-hydrogen) atoms. The summed E-state index contributed by atoms with van der Waals surface area (Å²) >= 11 is 0. The van der Waals surface area contributed by atoms with Crippen LogP contribution in [0.5, 0.6) is 5.88 Å². The van der Waals surface area contributed by atoms with Gasteiger partial charge in [0.05, 0.1) is 7.11 Å². The molecule has 2 N–H and O–H groups in total. The number of ether oxygens (including phenoxy) is 1. The van der Waals surface area contributed by atoms with Crippen LogP contribution in [0.1, 0.15) is 36.0 Å². The van der Waals surface area contributed by atoms with E-state index in [1.54, 1.807) is 23.2 Å². The third-order valence-corrected chi connectivity index (χ3v) is 3.79. The molecule has 2 rings (SSSR count). The van der Waals surface area contributed by atoms with Crippen LogP contribution in [0.25, 0.3) is 0 Å². The van der Waals surface area contributed by atoms with E-state index in [1.807, 2.05) is 7.05 Å². The maximum Gasteiger partial charge on any atom is 0.259 e. The lowest BCUT2D eigenvalue weighted by Crippen LogP contribution is -2.50. The molecule has 2 atom stereocenters. The molecule has 1 aliphatic rings. The molecule has 1 aromatic heterocycles. The molecule has 0 bridgehead atoms. The van der Waals surface area contributed by atoms with Gasteiger partial charge in [0, 0.05) is 25.3 Å². The Kier molecular flexibility index (Phi) is 4.37. The fourth-order valence-corrected chi connectivity index (χ4v) is 2.68. The molecule has 1 aliphatic carbocycles. The van der Waals surface area contributed by atoms with E-state index in [4.69, 9.17) is 10.5 Å². The Bertz CT molecular complexity index is 450. The summed E-state index contributed by atoms with van der Waals surface area (Å²) in [6, 6.07) is 3.64. The summed E-state index contributed by atoms with van der Waals surface area (Å²) in [6.07, 6.45) is 5.83. The average Bonchev–Trinajstić information content (AvgIpc) is 2.46. The molecule has 0 aromatic carbocycles. The quantitative estimate of drug-likeness (QED) is 0.895. The van der Waals surface area contributed by atoms with Gasteiger partial charge in [-0.1, -0.05) is 12.8 Å². The molecule has 2 unspecified atom stereocenters. The molecule has 0 radical (unpaired) electrons. The van der Waals surface area contributed by atoms with Crippen molar-refractivity contribution in [1.29, 1.82) is 0 Å². The monoisotopic (exact) mass is 263 g/mol. The van der Waals surface area contributed by atoms with Crippen molar-refractivity contribution in [2.45, 2.75) is 37.8 Å². The molecule has 1 aromatic rings. The van der Waals surface area contributed by atoms with E-state index in [0.717, 1.165) is 25.7 Å². The second-order valence-corrected chi connectivity index (χ2v) is 4.99. The summed E-state index contributed by atoms with van der Waals surface area (Å²) in [4.78, 5) is 18.3. The number of likely N-dealkylation sites (N-methyl/N-ethyl adjacent to an activating group) is 1. The predicted octanol–water partition coefficient (Wildman–Crippen LogP) is 1.43. The number of nitrogens with zero attached hydrogens (tertiary/aromatic N) is 2. The minimum absolute atomic E-state index is 0.0605. The van der Waals surface area contributed by atoms with E-state index < -0.39 is 0 Å². The topological polar surface area (TPSA) is 68.5 Å². The maximum absolute atomic E-state index is 12.5. The molecule has 1 saturated carbocycles. The summed E-state index contributed by atoms with van der Waals surface area (Å²) in [6.45, 7) is 0. The Morgan fingerprint density at radius 3 is 2.89 bits per heavy atom. The lowest BCUT2D eigenvalue weighted by Gasteiger charge is -2.36. The van der Waals surface area contributed by atoms with Gasteiger partial charge in [-0.05, 0) is 25.0 Å². The fourth-order valence-electron chi connectivity index (χ4n) is 2.68. The van der Waals surface area contributed by atoms with Gasteiger partial charge in [0.15, 0.2) is 0 Å². The first-order chi connectivity index (χ1) is 9.15. The first kappa shape index (κ1) is 13.8. The fraction of sp³-hybridized carbons (Fsp3) is 0.571. The van der Waals surface area contributed by atoms with Crippen LogP contribution in [-0.4, -0.2) is 42.0 Å². The number of rotatable bonds is 3. The summed E-state index contributed by atoms with van der Waals surface area (Å²) < 4.78 is 5.14. The Hall–Kier alpha value is -1.62. The number of amides is 1. The lowest BCUT2D eigenvalue weighted by molar-refractivity contribution is 0.0668. The number of carbonyl (C=O) groups is 1. The number of hydrogen-bond donors (Lipinski definition) is 1. The molecule has 5 heteroatoms. The standard InChI is InChI=1S/C14H21N3O2/c1-17(12-8-4-3-7-11(12)15)14(18)10-6-5-9-16-13(10)19-2/h5-6,9,11-12H,3-4,7-8,15H2,1-2H3. The van der Waals surface area contributed by atoms with E-state index in [-0.39, 0.29) is 18.0 Å². The van der Waals surface area contributed by atoms with Crippen LogP contribution < -0.4 is 10.5 Å². The molecule has 0 spiro atoms. The number of nitrogens with two attached hydrogens (primary N) is 1. The van der Waals surface area contributed by atoms with Crippen molar-refractivity contribution >= 4 is 5.91 Å². The molecule has 104 valence electrons. The van der Waals surface area contributed by atoms with E-state index in [9.17, 15) is 4.79 Å². The number of aromatic nitrogens is 1. The second-order valence-electron chi connectivity index (χ2n) is 4.99. The van der Waals surface area contributed by atoms with Crippen molar-refractivity contribution in [1.82, 2.24) is 9.88 Å². The van der Waals surface area contributed by atoms with Crippen LogP contribution in [0, 0.1) is 0 Å². The molecule has 0 aliphatic heterocycles. The lowest BCUT2D eigenvalue weighted by atomic mass is 9.90. The third kappa shape index (κ3) is 2.87. The van der Waals surface area contributed by atoms with Crippen molar-refractivity contribution < 1.29 is 9.53 Å². The highest BCUT2D eigenvalue weighted by Gasteiger charge is 2.30. The van der Waals surface area contributed by atoms with E-state index in [1.165, 1.54) is 7.11 Å². The molecule has 1 amide bonds. The largest absolute Gasteiger partial charge is 0.480 e. The van der Waals surface area contributed by atoms with Crippen LogP contribution in [0.2, 0.25) is 0 Å². The van der Waals surface area contributed by atoms with Crippen molar-refractivity contribution in [3.05, 3.63) is 23.9 Å². The highest BCUT2D eigenvalue weighted by atomic mass is 16.5. The first-order valence-corrected chi connectivity index (χ1v) is 6.67. The van der Waals surface area contributed by atoms with Gasteiger partial charge in [-0.3, -0.25) is 4.79 Å². The van der Waals surface area contributed by atoms with Gasteiger partial charge in [0.2, 0.25) is 5.88 Å². The zero-order valence-corrected chi connectivity index (χ0v) is 11.5. The molecule has 1 heterocycles. The minimum atomic E-state index is -0.0766. The van der Waals surface area contributed by atoms with Gasteiger partial charge >= 0.3 is 0 Å². The van der Waals surface area contributed by atoms with Crippen LogP contribution in [0.15, 0.2) is 18.3 Å². The van der Waals surface area contributed by atoms with Crippen molar-refractivity contribution in [2.24, 2.45) is 5.73 Å². The third-order valence-electron chi connectivity index (χ3n) is 3.79. The molecular weight excluding hydrogens is 242 g/mol. The van der Waals surface area contributed by atoms with E-state index >= 15 is 0 Å². The first-order valence-electron chi connectivity index (χ1n) is 6.67. The van der Waals surface area contributed by atoms with Crippen molar-refractivity contribution in [3.8, 4) is 5.88 Å². The smallest absolute Gasteiger partial charge is 0.259 e. The normalized spacial score (nSPS) is 22.9. The SMILES string of the molecule is COc1ncccc1C(=O)N(C)C1CCCCC1N. The van der Waals surface area contributed by atoms with Gasteiger partial charge in [-0.2, -0.15) is 0 Å². The van der Waals surface area contributed by atoms with Crippen LogP contribution in [0.3, 0.4) is 0 Å². The summed E-state index contributed by atoms with van der Waals surface area (Å²) in [5, 5.41) is 0. The highest BCUT2D eigenvalue weighted by Crippen LogP contribution is 2.24. The Morgan fingerprint density at radius 1 is 1.47 bits per heavy atom. The molecule has 0 saturated heterocycles. The minimum Gasteiger partial charge on any atom is -0.480 e. The van der Waals surface area contributed by atoms with Gasteiger partial charge in [0.1, 0.15) is 5.56 Å². The predicted molar refractivity (Wildman–Crippen MR) is 73.1 cm³/mol. The summed E-state index contributed by atoms with van der Waals surface area (Å²) in [5.74, 6) is 0.288. The number of methoxy groups -OCH3 is 1. The van der Waals surface area contributed by atoms with Gasteiger partial charge in [-0.15, -0.1) is 0 Å². The second kappa shape index (κ2) is 6.02. The maximum atomic E-state index is 12.5. The Labute approximate surface area is 113 Å². The number of pyridine rings is 1. The van der Waals surface area contributed by atoms with Gasteiger partial charge in [0.25, 0.3) is 5.91 Å². The number of carbonyl (C=O) groups excluding carboxylic acids is 1. The zero-order valence-electron chi connectivity index (χ0n) is 11.5. The van der Waals surface area contributed by atoms with Crippen LogP contribution in [-0.2, 0) is 0 Å². The van der Waals surface area contributed by atoms with Crippen LogP contribution >= 0.6 is 0 Å². The van der Waals surface area contributed by atoms with Gasteiger partial charge in [-0.25, -0.2) is 4.98 Å². The average molecular weight is 263 g/mol. The highest BCUT2D eigenvalue weighted by molar-refractivity contribution is 5.96. The van der Waals surface area contributed by atoms with E-state index in [0.29, 0.717) is 11.4 Å². The van der Waals surface area contributed by atoms with Gasteiger partial charge < -0.3 is 15.4 Å². The van der Waals surface area contributed by atoms with Crippen molar-refractivity contribution in [3.63, 3.8) is 0 Å². The van der Waals surface area contributed by atoms with E-state index in [2.05, 4.69) is 4.98 Å². The molecule has 5 nitrogen and oxygen atoms in total. The Balaban J connectivity index is 2.18. The number of hydrogen-bond acceptors (Lipinski definition) is 4. The summed E-state index contributed by atoms with van der Waals surface area (Å²) in [5.41, 5.74) is 6.62. The Morgan fingerprint density at radius 2 is 2.21 bits per heavy atom.